The summed E-state index contributed by atoms with van der Waals surface area (Å²) in [6.45, 7) is 11.7. The molecule has 4 heteroatoms. The van der Waals surface area contributed by atoms with Crippen molar-refractivity contribution >= 4 is 11.9 Å². The van der Waals surface area contributed by atoms with Gasteiger partial charge in [-0.2, -0.15) is 0 Å². The van der Waals surface area contributed by atoms with E-state index in [1.807, 2.05) is 41.5 Å². The summed E-state index contributed by atoms with van der Waals surface area (Å²) in [7, 11) is 2.68. The first kappa shape index (κ1) is 18.4. The lowest BCUT2D eigenvalue weighted by Gasteiger charge is -2.25. The van der Waals surface area contributed by atoms with Crippen LogP contribution in [0.4, 0.5) is 0 Å². The van der Waals surface area contributed by atoms with Crippen LogP contribution in [0.3, 0.4) is 0 Å². The van der Waals surface area contributed by atoms with Gasteiger partial charge in [0.25, 0.3) is 0 Å². The first-order chi connectivity index (χ1) is 8.93. The van der Waals surface area contributed by atoms with Crippen molar-refractivity contribution in [1.29, 1.82) is 0 Å². The summed E-state index contributed by atoms with van der Waals surface area (Å²) in [5, 5.41) is 0. The van der Waals surface area contributed by atoms with Gasteiger partial charge in [-0.3, -0.25) is 0 Å². The zero-order valence-electron chi connectivity index (χ0n) is 13.8. The topological polar surface area (TPSA) is 52.6 Å². The molecule has 0 aromatic heterocycles. The standard InChI is InChI=1S/C16H26O4/c1-15(2,3)11(10-13(17)19-7)9-12(14(18)20-8)16(4,5)6/h9-10H,1-8H3/b11-10+,12-9+. The van der Waals surface area contributed by atoms with Gasteiger partial charge in [-0.25, -0.2) is 9.59 Å². The Balaban J connectivity index is 5.92. The number of allylic oxidation sites excluding steroid dienone is 2. The lowest BCUT2D eigenvalue weighted by molar-refractivity contribution is -0.137. The smallest absolute Gasteiger partial charge is 0.334 e. The predicted octanol–water partition coefficient (Wildman–Crippen LogP) is 3.28. The highest BCUT2D eigenvalue weighted by atomic mass is 16.5. The van der Waals surface area contributed by atoms with Crippen molar-refractivity contribution in [2.45, 2.75) is 41.5 Å². The molecule has 4 nitrogen and oxygen atoms in total. The number of hydrogen-bond donors (Lipinski definition) is 0. The molecule has 0 aliphatic carbocycles. The van der Waals surface area contributed by atoms with Crippen molar-refractivity contribution in [2.24, 2.45) is 10.8 Å². The predicted molar refractivity (Wildman–Crippen MR) is 79.1 cm³/mol. The van der Waals surface area contributed by atoms with E-state index in [4.69, 9.17) is 4.74 Å². The van der Waals surface area contributed by atoms with Gasteiger partial charge in [0.05, 0.1) is 14.2 Å². The van der Waals surface area contributed by atoms with Gasteiger partial charge in [0.1, 0.15) is 0 Å². The fourth-order valence-corrected chi connectivity index (χ4v) is 1.51. The van der Waals surface area contributed by atoms with Crippen LogP contribution in [0.15, 0.2) is 23.3 Å². The van der Waals surface area contributed by atoms with Crippen LogP contribution in [-0.4, -0.2) is 26.2 Å². The summed E-state index contributed by atoms with van der Waals surface area (Å²) < 4.78 is 9.50. The van der Waals surface area contributed by atoms with E-state index >= 15 is 0 Å². The molecule has 0 spiro atoms. The van der Waals surface area contributed by atoms with Gasteiger partial charge < -0.3 is 9.47 Å². The van der Waals surface area contributed by atoms with Crippen molar-refractivity contribution < 1.29 is 19.1 Å². The molecule has 114 valence electrons. The zero-order chi connectivity index (χ0) is 16.1. The molecule has 0 bridgehead atoms. The van der Waals surface area contributed by atoms with Crippen molar-refractivity contribution in [3.05, 3.63) is 23.3 Å². The molecule has 0 aromatic rings. The van der Waals surface area contributed by atoms with E-state index in [-0.39, 0.29) is 10.8 Å². The van der Waals surface area contributed by atoms with Crippen LogP contribution in [0, 0.1) is 10.8 Å². The van der Waals surface area contributed by atoms with Gasteiger partial charge in [0.2, 0.25) is 0 Å². The minimum Gasteiger partial charge on any atom is -0.466 e. The first-order valence-corrected chi connectivity index (χ1v) is 6.54. The van der Waals surface area contributed by atoms with Crippen molar-refractivity contribution in [1.82, 2.24) is 0 Å². The van der Waals surface area contributed by atoms with E-state index in [9.17, 15) is 9.59 Å². The maximum Gasteiger partial charge on any atom is 0.334 e. The van der Waals surface area contributed by atoms with E-state index in [2.05, 4.69) is 4.74 Å². The highest BCUT2D eigenvalue weighted by Crippen LogP contribution is 2.33. The van der Waals surface area contributed by atoms with Crippen LogP contribution < -0.4 is 0 Å². The highest BCUT2D eigenvalue weighted by molar-refractivity contribution is 5.91. The molecule has 0 saturated carbocycles. The minimum atomic E-state index is -0.440. The Hall–Kier alpha value is -1.58. The largest absolute Gasteiger partial charge is 0.466 e. The number of hydrogen-bond acceptors (Lipinski definition) is 4. The second-order valence-electron chi connectivity index (χ2n) is 6.67. The SMILES string of the molecule is COC(=O)/C=C(\C=C(/C(=O)OC)C(C)(C)C)C(C)(C)C. The van der Waals surface area contributed by atoms with Gasteiger partial charge in [-0.1, -0.05) is 41.5 Å². The van der Waals surface area contributed by atoms with Gasteiger partial charge >= 0.3 is 11.9 Å². The summed E-state index contributed by atoms with van der Waals surface area (Å²) in [4.78, 5) is 23.4. The zero-order valence-corrected chi connectivity index (χ0v) is 13.8. The van der Waals surface area contributed by atoms with Crippen LogP contribution in [0.1, 0.15) is 41.5 Å². The molecule has 0 aliphatic heterocycles. The summed E-state index contributed by atoms with van der Waals surface area (Å²) in [6, 6.07) is 0. The molecule has 0 unspecified atom stereocenters. The summed E-state index contributed by atoms with van der Waals surface area (Å²) >= 11 is 0. The van der Waals surface area contributed by atoms with Gasteiger partial charge in [0.15, 0.2) is 0 Å². The summed E-state index contributed by atoms with van der Waals surface area (Å²) in [5.74, 6) is -0.832. The molecule has 0 aromatic carbocycles. The quantitative estimate of drug-likeness (QED) is 0.453. The summed E-state index contributed by atoms with van der Waals surface area (Å²) in [5.41, 5.74) is 0.566. The second-order valence-corrected chi connectivity index (χ2v) is 6.67. The van der Waals surface area contributed by atoms with Gasteiger partial charge in [-0.05, 0) is 22.5 Å². The third-order valence-electron chi connectivity index (χ3n) is 2.85. The van der Waals surface area contributed by atoms with Crippen molar-refractivity contribution in [3.8, 4) is 0 Å². The molecule has 0 atom stereocenters. The highest BCUT2D eigenvalue weighted by Gasteiger charge is 2.27. The Bertz CT molecular complexity index is 428. The normalized spacial score (nSPS) is 14.0. The maximum atomic E-state index is 11.9. The number of esters is 2. The third kappa shape index (κ3) is 5.59. The van der Waals surface area contributed by atoms with Crippen LogP contribution in [0.25, 0.3) is 0 Å². The number of ether oxygens (including phenoxy) is 2. The summed E-state index contributed by atoms with van der Waals surface area (Å²) in [6.07, 6.45) is 3.14. The Labute approximate surface area is 121 Å². The number of rotatable bonds is 3. The maximum absolute atomic E-state index is 11.9. The molecule has 0 saturated heterocycles. The van der Waals surface area contributed by atoms with Gasteiger partial charge in [-0.15, -0.1) is 0 Å². The molecule has 0 fully saturated rings. The molecular weight excluding hydrogens is 256 g/mol. The van der Waals surface area contributed by atoms with Crippen molar-refractivity contribution in [3.63, 3.8) is 0 Å². The second kappa shape index (κ2) is 6.73. The van der Waals surface area contributed by atoms with Crippen molar-refractivity contribution in [2.75, 3.05) is 14.2 Å². The van der Waals surface area contributed by atoms with Crippen LogP contribution in [0.5, 0.6) is 0 Å². The number of methoxy groups -OCH3 is 2. The van der Waals surface area contributed by atoms with Crippen LogP contribution in [-0.2, 0) is 19.1 Å². The fourth-order valence-electron chi connectivity index (χ4n) is 1.51. The van der Waals surface area contributed by atoms with Gasteiger partial charge in [0, 0.05) is 11.6 Å². The van der Waals surface area contributed by atoms with E-state index in [0.717, 1.165) is 5.57 Å². The Morgan fingerprint density at radius 1 is 0.800 bits per heavy atom. The van der Waals surface area contributed by atoms with Crippen LogP contribution in [0.2, 0.25) is 0 Å². The number of carbonyl (C=O) groups is 2. The molecular formula is C16H26O4. The lowest BCUT2D eigenvalue weighted by Crippen LogP contribution is -2.21. The minimum absolute atomic E-state index is 0.293. The van der Waals surface area contributed by atoms with Crippen LogP contribution >= 0.6 is 0 Å². The first-order valence-electron chi connectivity index (χ1n) is 6.54. The molecule has 0 aliphatic rings. The molecule has 0 rings (SSSR count). The molecule has 0 radical (unpaired) electrons. The molecule has 20 heavy (non-hydrogen) atoms. The number of carbonyl (C=O) groups excluding carboxylic acids is 2. The Morgan fingerprint density at radius 2 is 1.30 bits per heavy atom. The monoisotopic (exact) mass is 282 g/mol. The lowest BCUT2D eigenvalue weighted by atomic mass is 9.80. The fraction of sp³-hybridized carbons (Fsp3) is 0.625. The Kier molecular flexibility index (Phi) is 6.20. The molecule has 0 N–H and O–H groups in total. The van der Waals surface area contributed by atoms with E-state index in [1.165, 1.54) is 20.3 Å². The Morgan fingerprint density at radius 3 is 1.60 bits per heavy atom. The van der Waals surface area contributed by atoms with E-state index in [0.29, 0.717) is 5.57 Å². The molecule has 0 heterocycles. The van der Waals surface area contributed by atoms with E-state index in [1.54, 1.807) is 6.08 Å². The third-order valence-corrected chi connectivity index (χ3v) is 2.85. The average Bonchev–Trinajstić information content (AvgIpc) is 2.29. The van der Waals surface area contributed by atoms with E-state index < -0.39 is 11.9 Å². The molecule has 0 amide bonds. The average molecular weight is 282 g/mol.